The topological polar surface area (TPSA) is 98.7 Å². The van der Waals surface area contributed by atoms with Crippen LogP contribution in [0.25, 0.3) is 0 Å². The Morgan fingerprint density at radius 2 is 1.82 bits per heavy atom. The van der Waals surface area contributed by atoms with Crippen molar-refractivity contribution < 1.29 is 19.5 Å². The molecule has 0 saturated heterocycles. The van der Waals surface area contributed by atoms with Crippen molar-refractivity contribution >= 4 is 23.6 Å². The van der Waals surface area contributed by atoms with Gasteiger partial charge in [0.05, 0.1) is 5.56 Å². The lowest BCUT2D eigenvalue weighted by Crippen LogP contribution is -2.36. The maximum Gasteiger partial charge on any atom is 0.335 e. The van der Waals surface area contributed by atoms with Gasteiger partial charge in [-0.05, 0) is 60.7 Å². The van der Waals surface area contributed by atoms with Gasteiger partial charge in [-0.2, -0.15) is 0 Å². The minimum atomic E-state index is -0.977. The van der Waals surface area contributed by atoms with Crippen molar-refractivity contribution in [3.8, 4) is 0 Å². The summed E-state index contributed by atoms with van der Waals surface area (Å²) in [6.07, 6.45) is 2.70. The van der Waals surface area contributed by atoms with E-state index in [1.54, 1.807) is 41.3 Å². The molecule has 1 aliphatic heterocycles. The largest absolute Gasteiger partial charge is 0.478 e. The smallest absolute Gasteiger partial charge is 0.335 e. The first kappa shape index (κ1) is 18.0. The second-order valence-electron chi connectivity index (χ2n) is 7.22. The van der Waals surface area contributed by atoms with Gasteiger partial charge < -0.3 is 20.6 Å². The van der Waals surface area contributed by atoms with E-state index in [2.05, 4.69) is 10.6 Å². The fourth-order valence-corrected chi connectivity index (χ4v) is 3.36. The van der Waals surface area contributed by atoms with Gasteiger partial charge in [-0.3, -0.25) is 4.79 Å². The molecule has 0 unspecified atom stereocenters. The Morgan fingerprint density at radius 1 is 1.00 bits per heavy atom. The third-order valence-corrected chi connectivity index (χ3v) is 5.03. The van der Waals surface area contributed by atoms with Gasteiger partial charge in [0.2, 0.25) is 0 Å². The zero-order valence-electron chi connectivity index (χ0n) is 15.3. The van der Waals surface area contributed by atoms with Crippen molar-refractivity contribution in [3.05, 3.63) is 64.7 Å². The van der Waals surface area contributed by atoms with Gasteiger partial charge in [0.15, 0.2) is 0 Å². The van der Waals surface area contributed by atoms with Crippen LogP contribution in [0, 0.1) is 0 Å². The number of carbonyl (C=O) groups excluding carboxylic acids is 2. The molecule has 1 saturated carbocycles. The predicted molar refractivity (Wildman–Crippen MR) is 103 cm³/mol. The molecule has 7 nitrogen and oxygen atoms in total. The Labute approximate surface area is 162 Å². The maximum absolute atomic E-state index is 12.9. The number of carboxylic acid groups (broad SMARTS) is 1. The molecule has 3 N–H and O–H groups in total. The molecule has 2 aromatic carbocycles. The molecule has 0 aromatic heterocycles. The number of hydrogen-bond acceptors (Lipinski definition) is 3. The molecule has 1 aliphatic carbocycles. The van der Waals surface area contributed by atoms with E-state index < -0.39 is 5.97 Å². The van der Waals surface area contributed by atoms with E-state index in [-0.39, 0.29) is 23.5 Å². The highest BCUT2D eigenvalue weighted by Gasteiger charge is 2.24. The number of urea groups is 1. The first-order valence-electron chi connectivity index (χ1n) is 9.31. The summed E-state index contributed by atoms with van der Waals surface area (Å²) >= 11 is 0. The lowest BCUT2D eigenvalue weighted by Gasteiger charge is -2.29. The Balaban J connectivity index is 1.47. The number of fused-ring (bicyclic) bond motifs is 1. The molecule has 0 atom stereocenters. The summed E-state index contributed by atoms with van der Waals surface area (Å²) in [6, 6.07) is 11.9. The summed E-state index contributed by atoms with van der Waals surface area (Å²) in [4.78, 5) is 37.7. The third-order valence-electron chi connectivity index (χ3n) is 5.03. The van der Waals surface area contributed by atoms with Crippen molar-refractivity contribution in [2.45, 2.75) is 31.8 Å². The average Bonchev–Trinajstić information content (AvgIpc) is 3.50. The number of hydrogen-bond donors (Lipinski definition) is 3. The molecular weight excluding hydrogens is 358 g/mol. The molecule has 7 heteroatoms. The Bertz CT molecular complexity index is 952. The van der Waals surface area contributed by atoms with Crippen LogP contribution in [0.4, 0.5) is 10.5 Å². The molecular formula is C21H21N3O4. The van der Waals surface area contributed by atoms with Gasteiger partial charge in [-0.25, -0.2) is 9.59 Å². The third kappa shape index (κ3) is 3.98. The number of carboxylic acids is 1. The minimum absolute atomic E-state index is 0.141. The SMILES string of the molecule is O=C(Nc1cccc(C(=O)N2CCc3ccc(C(=O)O)cc3C2)c1)NC1CC1. The number of amides is 3. The molecule has 4 rings (SSSR count). The molecule has 3 amide bonds. The molecule has 2 aromatic rings. The Morgan fingerprint density at radius 3 is 2.57 bits per heavy atom. The normalized spacial score (nSPS) is 15.5. The van der Waals surface area contributed by atoms with Gasteiger partial charge in [0, 0.05) is 30.4 Å². The van der Waals surface area contributed by atoms with Crippen LogP contribution in [0.5, 0.6) is 0 Å². The Kier molecular flexibility index (Phi) is 4.73. The zero-order valence-corrected chi connectivity index (χ0v) is 15.3. The van der Waals surface area contributed by atoms with Gasteiger partial charge in [-0.1, -0.05) is 12.1 Å². The van der Waals surface area contributed by atoms with Crippen molar-refractivity contribution in [3.63, 3.8) is 0 Å². The van der Waals surface area contributed by atoms with E-state index in [0.717, 1.165) is 24.0 Å². The molecule has 0 radical (unpaired) electrons. The molecule has 1 fully saturated rings. The van der Waals surface area contributed by atoms with Crippen molar-refractivity contribution in [1.82, 2.24) is 10.2 Å². The number of nitrogens with one attached hydrogen (secondary N) is 2. The summed E-state index contributed by atoms with van der Waals surface area (Å²) in [6.45, 7) is 0.938. The van der Waals surface area contributed by atoms with Crippen LogP contribution in [-0.2, 0) is 13.0 Å². The average molecular weight is 379 g/mol. The number of nitrogens with zero attached hydrogens (tertiary/aromatic N) is 1. The second-order valence-corrected chi connectivity index (χ2v) is 7.22. The highest BCUT2D eigenvalue weighted by Crippen LogP contribution is 2.23. The van der Waals surface area contributed by atoms with Gasteiger partial charge in [0.1, 0.15) is 0 Å². The molecule has 1 heterocycles. The van der Waals surface area contributed by atoms with Crippen LogP contribution >= 0.6 is 0 Å². The predicted octanol–water partition coefficient (Wildman–Crippen LogP) is 2.87. The highest BCUT2D eigenvalue weighted by atomic mass is 16.4. The van der Waals surface area contributed by atoms with Gasteiger partial charge in [-0.15, -0.1) is 0 Å². The van der Waals surface area contributed by atoms with Crippen LogP contribution < -0.4 is 10.6 Å². The number of benzene rings is 2. The van der Waals surface area contributed by atoms with E-state index in [9.17, 15) is 19.5 Å². The monoisotopic (exact) mass is 379 g/mol. The number of aromatic carboxylic acids is 1. The maximum atomic E-state index is 12.9. The lowest BCUT2D eigenvalue weighted by molar-refractivity contribution is 0.0696. The van der Waals surface area contributed by atoms with Crippen molar-refractivity contribution in [2.75, 3.05) is 11.9 Å². The number of anilines is 1. The van der Waals surface area contributed by atoms with Crippen LogP contribution in [0.15, 0.2) is 42.5 Å². The fourth-order valence-electron chi connectivity index (χ4n) is 3.36. The van der Waals surface area contributed by atoms with Gasteiger partial charge in [0.25, 0.3) is 5.91 Å². The highest BCUT2D eigenvalue weighted by molar-refractivity contribution is 5.97. The summed E-state index contributed by atoms with van der Waals surface area (Å²) < 4.78 is 0. The number of rotatable bonds is 4. The standard InChI is InChI=1S/C21H21N3O4/c25-19(14-2-1-3-18(11-14)23-21(28)22-17-6-7-17)24-9-8-13-4-5-15(20(26)27)10-16(13)12-24/h1-5,10-11,17H,6-9,12H2,(H,26,27)(H2,22,23,28). The lowest BCUT2D eigenvalue weighted by atomic mass is 9.97. The summed E-state index contributed by atoms with van der Waals surface area (Å²) in [5.74, 6) is -1.12. The summed E-state index contributed by atoms with van der Waals surface area (Å²) in [5.41, 5.74) is 3.20. The Hall–Kier alpha value is -3.35. The molecule has 2 aliphatic rings. The van der Waals surface area contributed by atoms with Crippen LogP contribution in [0.2, 0.25) is 0 Å². The summed E-state index contributed by atoms with van der Waals surface area (Å²) in [7, 11) is 0. The zero-order chi connectivity index (χ0) is 19.7. The minimum Gasteiger partial charge on any atom is -0.478 e. The first-order chi connectivity index (χ1) is 13.5. The van der Waals surface area contributed by atoms with E-state index in [4.69, 9.17) is 0 Å². The first-order valence-corrected chi connectivity index (χ1v) is 9.31. The second kappa shape index (κ2) is 7.34. The quantitative estimate of drug-likeness (QED) is 0.761. The van der Waals surface area contributed by atoms with E-state index in [1.807, 2.05) is 6.07 Å². The molecule has 144 valence electrons. The van der Waals surface area contributed by atoms with Crippen molar-refractivity contribution in [1.29, 1.82) is 0 Å². The van der Waals surface area contributed by atoms with Crippen LogP contribution in [0.1, 0.15) is 44.7 Å². The fraction of sp³-hybridized carbons (Fsp3) is 0.286. The molecule has 0 bridgehead atoms. The van der Waals surface area contributed by atoms with Crippen molar-refractivity contribution in [2.24, 2.45) is 0 Å². The summed E-state index contributed by atoms with van der Waals surface area (Å²) in [5, 5.41) is 14.8. The van der Waals surface area contributed by atoms with Gasteiger partial charge >= 0.3 is 12.0 Å². The molecule has 28 heavy (non-hydrogen) atoms. The van der Waals surface area contributed by atoms with Crippen LogP contribution in [-0.4, -0.2) is 40.5 Å². The van der Waals surface area contributed by atoms with E-state index in [0.29, 0.717) is 30.8 Å². The van der Waals surface area contributed by atoms with E-state index >= 15 is 0 Å². The van der Waals surface area contributed by atoms with E-state index in [1.165, 1.54) is 0 Å². The van der Waals surface area contributed by atoms with Crippen LogP contribution in [0.3, 0.4) is 0 Å². The number of carbonyl (C=O) groups is 3. The molecule has 0 spiro atoms.